The molecule has 1 aliphatic carbocycles. The van der Waals surface area contributed by atoms with Gasteiger partial charge in [-0.3, -0.25) is 14.2 Å². The Hall–Kier alpha value is -2.55. The summed E-state index contributed by atoms with van der Waals surface area (Å²) in [6.07, 6.45) is 5.75. The van der Waals surface area contributed by atoms with Crippen molar-refractivity contribution in [3.8, 4) is 0 Å². The van der Waals surface area contributed by atoms with Crippen molar-refractivity contribution >= 4 is 56.5 Å². The van der Waals surface area contributed by atoms with Crippen LogP contribution in [0.5, 0.6) is 0 Å². The summed E-state index contributed by atoms with van der Waals surface area (Å²) in [6, 6.07) is 10.6. The maximum Gasteiger partial charge on any atom is 0.263 e. The highest BCUT2D eigenvalue weighted by molar-refractivity contribution is 7.99. The van der Waals surface area contributed by atoms with Gasteiger partial charge in [-0.25, -0.2) is 4.98 Å². The SMILES string of the molecule is O=C(CSc1nc2sc3c(c2c(=O)n1Cc1ccco1)CCCC3)Nc1ccc(Cl)cc1. The number of carbonyl (C=O) groups excluding carboxylic acids is 1. The van der Waals surface area contributed by atoms with Gasteiger partial charge >= 0.3 is 0 Å². The fourth-order valence-electron chi connectivity index (χ4n) is 3.89. The Kier molecular flexibility index (Phi) is 6.08. The number of amides is 1. The Morgan fingerprint density at radius 1 is 1.22 bits per heavy atom. The number of furan rings is 1. The predicted octanol–water partition coefficient (Wildman–Crippen LogP) is 5.36. The molecule has 0 saturated heterocycles. The zero-order chi connectivity index (χ0) is 22.1. The summed E-state index contributed by atoms with van der Waals surface area (Å²) < 4.78 is 7.11. The number of nitrogens with one attached hydrogen (secondary N) is 1. The zero-order valence-corrected chi connectivity index (χ0v) is 19.5. The van der Waals surface area contributed by atoms with Crippen molar-refractivity contribution in [2.45, 2.75) is 37.4 Å². The average Bonchev–Trinajstić information content (AvgIpc) is 3.43. The van der Waals surface area contributed by atoms with Crippen LogP contribution >= 0.6 is 34.7 Å². The topological polar surface area (TPSA) is 77.1 Å². The van der Waals surface area contributed by atoms with E-state index in [9.17, 15) is 9.59 Å². The van der Waals surface area contributed by atoms with Crippen LogP contribution in [0.15, 0.2) is 57.0 Å². The van der Waals surface area contributed by atoms with Crippen molar-refractivity contribution in [1.82, 2.24) is 9.55 Å². The van der Waals surface area contributed by atoms with Crippen molar-refractivity contribution in [3.05, 3.63) is 74.2 Å². The van der Waals surface area contributed by atoms with Gasteiger partial charge in [0.1, 0.15) is 10.6 Å². The third-order valence-electron chi connectivity index (χ3n) is 5.39. The summed E-state index contributed by atoms with van der Waals surface area (Å²) in [6.45, 7) is 0.278. The van der Waals surface area contributed by atoms with Crippen molar-refractivity contribution in [2.75, 3.05) is 11.1 Å². The van der Waals surface area contributed by atoms with Crippen molar-refractivity contribution in [1.29, 1.82) is 0 Å². The van der Waals surface area contributed by atoms with E-state index < -0.39 is 0 Å². The highest BCUT2D eigenvalue weighted by Crippen LogP contribution is 2.34. The third-order valence-corrected chi connectivity index (χ3v) is 7.81. The fourth-order valence-corrected chi connectivity index (χ4v) is 6.12. The Balaban J connectivity index is 1.45. The summed E-state index contributed by atoms with van der Waals surface area (Å²) in [5.41, 5.74) is 1.76. The Morgan fingerprint density at radius 3 is 2.81 bits per heavy atom. The molecular weight excluding hydrogens is 466 g/mol. The van der Waals surface area contributed by atoms with Gasteiger partial charge in [0.25, 0.3) is 5.56 Å². The van der Waals surface area contributed by atoms with Gasteiger partial charge < -0.3 is 9.73 Å². The van der Waals surface area contributed by atoms with E-state index in [0.29, 0.717) is 21.6 Å². The maximum absolute atomic E-state index is 13.5. The second-order valence-electron chi connectivity index (χ2n) is 7.60. The number of fused-ring (bicyclic) bond motifs is 3. The van der Waals surface area contributed by atoms with E-state index in [0.717, 1.165) is 41.5 Å². The molecule has 164 valence electrons. The van der Waals surface area contributed by atoms with E-state index in [-0.39, 0.29) is 23.8 Å². The average molecular weight is 486 g/mol. The number of rotatable bonds is 6. The molecule has 1 N–H and O–H groups in total. The first-order chi connectivity index (χ1) is 15.6. The van der Waals surface area contributed by atoms with Crippen LogP contribution in [0.25, 0.3) is 10.2 Å². The van der Waals surface area contributed by atoms with E-state index in [2.05, 4.69) is 5.32 Å². The first kappa shape index (κ1) is 21.3. The molecule has 1 amide bonds. The van der Waals surface area contributed by atoms with E-state index in [1.165, 1.54) is 16.6 Å². The second kappa shape index (κ2) is 9.13. The number of aryl methyl sites for hydroxylation is 2. The van der Waals surface area contributed by atoms with Crippen molar-refractivity contribution in [3.63, 3.8) is 0 Å². The van der Waals surface area contributed by atoms with Gasteiger partial charge in [-0.2, -0.15) is 0 Å². The molecule has 0 atom stereocenters. The van der Waals surface area contributed by atoms with Crippen LogP contribution in [0.1, 0.15) is 29.0 Å². The molecule has 0 saturated carbocycles. The van der Waals surface area contributed by atoms with Crippen LogP contribution in [-0.2, 0) is 24.2 Å². The van der Waals surface area contributed by atoms with Gasteiger partial charge in [0.05, 0.1) is 23.9 Å². The number of carbonyl (C=O) groups is 1. The Bertz CT molecular complexity index is 1330. The molecule has 0 fully saturated rings. The van der Waals surface area contributed by atoms with Gasteiger partial charge in [0.2, 0.25) is 5.91 Å². The van der Waals surface area contributed by atoms with Crippen LogP contribution in [0, 0.1) is 0 Å². The number of thiophene rings is 1. The monoisotopic (exact) mass is 485 g/mol. The number of aromatic nitrogens is 2. The molecule has 1 aliphatic rings. The van der Waals surface area contributed by atoms with Gasteiger partial charge in [0, 0.05) is 15.6 Å². The minimum Gasteiger partial charge on any atom is -0.467 e. The molecule has 0 unspecified atom stereocenters. The lowest BCUT2D eigenvalue weighted by molar-refractivity contribution is -0.113. The van der Waals surface area contributed by atoms with E-state index >= 15 is 0 Å². The molecular formula is C23H20ClN3O3S2. The number of nitrogens with zero attached hydrogens (tertiary/aromatic N) is 2. The predicted molar refractivity (Wildman–Crippen MR) is 129 cm³/mol. The molecule has 0 spiro atoms. The molecule has 0 radical (unpaired) electrons. The second-order valence-corrected chi connectivity index (χ2v) is 10.1. The van der Waals surface area contributed by atoms with Crippen molar-refractivity contribution in [2.24, 2.45) is 0 Å². The number of hydrogen-bond acceptors (Lipinski definition) is 6. The third kappa shape index (κ3) is 4.35. The standard InChI is InChI=1S/C23H20ClN3O3S2/c24-14-7-9-15(10-8-14)25-19(28)13-31-23-26-21-20(17-5-1-2-6-18(17)32-21)22(29)27(23)12-16-4-3-11-30-16/h3-4,7-11H,1-2,5-6,12-13H2,(H,25,28). The minimum atomic E-state index is -0.179. The summed E-state index contributed by atoms with van der Waals surface area (Å²) in [5.74, 6) is 0.621. The molecule has 3 heterocycles. The lowest BCUT2D eigenvalue weighted by Crippen LogP contribution is -2.25. The van der Waals surface area contributed by atoms with Crippen LogP contribution < -0.4 is 10.9 Å². The zero-order valence-electron chi connectivity index (χ0n) is 17.1. The van der Waals surface area contributed by atoms with Gasteiger partial charge in [0.15, 0.2) is 5.16 Å². The lowest BCUT2D eigenvalue weighted by Gasteiger charge is -2.13. The van der Waals surface area contributed by atoms with Gasteiger partial charge in [-0.1, -0.05) is 23.4 Å². The summed E-state index contributed by atoms with van der Waals surface area (Å²) in [7, 11) is 0. The number of anilines is 1. The van der Waals surface area contributed by atoms with Gasteiger partial charge in [-0.15, -0.1) is 11.3 Å². The molecule has 0 aliphatic heterocycles. The van der Waals surface area contributed by atoms with Crippen LogP contribution in [0.3, 0.4) is 0 Å². The van der Waals surface area contributed by atoms with Crippen LogP contribution in [0.4, 0.5) is 5.69 Å². The van der Waals surface area contributed by atoms with Crippen LogP contribution in [0.2, 0.25) is 5.02 Å². The molecule has 4 aromatic rings. The number of thioether (sulfide) groups is 1. The smallest absolute Gasteiger partial charge is 0.263 e. The van der Waals surface area contributed by atoms with E-state index in [1.54, 1.807) is 52.5 Å². The maximum atomic E-state index is 13.5. The highest BCUT2D eigenvalue weighted by atomic mass is 35.5. The van der Waals surface area contributed by atoms with Crippen LogP contribution in [-0.4, -0.2) is 21.2 Å². The Labute approximate surface area is 197 Å². The minimum absolute atomic E-state index is 0.0635. The number of benzene rings is 1. The molecule has 3 aromatic heterocycles. The number of halogens is 1. The lowest BCUT2D eigenvalue weighted by atomic mass is 9.97. The molecule has 1 aromatic carbocycles. The number of hydrogen-bond donors (Lipinski definition) is 1. The summed E-state index contributed by atoms with van der Waals surface area (Å²) in [4.78, 5) is 32.9. The quantitative estimate of drug-likeness (QED) is 0.294. The normalized spacial score (nSPS) is 13.3. The summed E-state index contributed by atoms with van der Waals surface area (Å²) in [5, 5.41) is 4.70. The first-order valence-electron chi connectivity index (χ1n) is 10.3. The highest BCUT2D eigenvalue weighted by Gasteiger charge is 2.23. The molecule has 0 bridgehead atoms. The molecule has 6 nitrogen and oxygen atoms in total. The largest absolute Gasteiger partial charge is 0.467 e. The molecule has 5 rings (SSSR count). The van der Waals surface area contributed by atoms with E-state index in [4.69, 9.17) is 21.0 Å². The fraction of sp³-hybridized carbons (Fsp3) is 0.261. The summed E-state index contributed by atoms with van der Waals surface area (Å²) >= 11 is 8.76. The molecule has 32 heavy (non-hydrogen) atoms. The van der Waals surface area contributed by atoms with Crippen molar-refractivity contribution < 1.29 is 9.21 Å². The van der Waals surface area contributed by atoms with Gasteiger partial charge in [-0.05, 0) is 67.6 Å². The van der Waals surface area contributed by atoms with E-state index in [1.807, 2.05) is 6.07 Å². The molecule has 9 heteroatoms. The first-order valence-corrected chi connectivity index (χ1v) is 12.5. The Morgan fingerprint density at radius 2 is 2.03 bits per heavy atom.